The first-order chi connectivity index (χ1) is 8.56. The van der Waals surface area contributed by atoms with Crippen LogP contribution in [0.5, 0.6) is 0 Å². The molecule has 92 valence electrons. The van der Waals surface area contributed by atoms with E-state index in [1.807, 2.05) is 25.1 Å². The van der Waals surface area contributed by atoms with Crippen LogP contribution in [0.3, 0.4) is 0 Å². The first-order valence-electron chi connectivity index (χ1n) is 5.39. The smallest absolute Gasteiger partial charge is 0.255 e. The zero-order valence-corrected chi connectivity index (χ0v) is 12.0. The quantitative estimate of drug-likeness (QED) is 0.855. The molecule has 0 bridgehead atoms. The largest absolute Gasteiger partial charge is 0.321 e. The first-order valence-corrected chi connectivity index (χ1v) is 6.56. The minimum atomic E-state index is -0.155. The van der Waals surface area contributed by atoms with Gasteiger partial charge in [-0.2, -0.15) is 0 Å². The van der Waals surface area contributed by atoms with Crippen LogP contribution in [0.25, 0.3) is 0 Å². The Labute approximate surface area is 119 Å². The van der Waals surface area contributed by atoms with E-state index in [1.165, 1.54) is 0 Å². The maximum Gasteiger partial charge on any atom is 0.255 e. The lowest BCUT2D eigenvalue weighted by atomic mass is 10.2. The summed E-state index contributed by atoms with van der Waals surface area (Å²) >= 11 is 9.19. The molecule has 1 amide bonds. The summed E-state index contributed by atoms with van der Waals surface area (Å²) in [6.07, 6.45) is 0. The van der Waals surface area contributed by atoms with Crippen molar-refractivity contribution >= 4 is 39.1 Å². The molecule has 0 atom stereocenters. The number of anilines is 1. The fourth-order valence-corrected chi connectivity index (χ4v) is 2.00. The number of carbonyl (C=O) groups excluding carboxylic acids is 1. The highest BCUT2D eigenvalue weighted by Gasteiger charge is 2.08. The van der Waals surface area contributed by atoms with E-state index in [1.54, 1.807) is 24.3 Å². The van der Waals surface area contributed by atoms with Crippen molar-refractivity contribution in [3.63, 3.8) is 0 Å². The van der Waals surface area contributed by atoms with Crippen molar-refractivity contribution in [1.82, 2.24) is 0 Å². The third-order valence-electron chi connectivity index (χ3n) is 2.48. The molecule has 0 aliphatic heterocycles. The number of aryl methyl sites for hydroxylation is 1. The van der Waals surface area contributed by atoms with Crippen molar-refractivity contribution in [3.8, 4) is 0 Å². The van der Waals surface area contributed by atoms with Crippen LogP contribution in [-0.2, 0) is 0 Å². The molecule has 0 aliphatic carbocycles. The van der Waals surface area contributed by atoms with Gasteiger partial charge in [-0.1, -0.05) is 17.7 Å². The molecule has 0 unspecified atom stereocenters. The summed E-state index contributed by atoms with van der Waals surface area (Å²) in [7, 11) is 0. The van der Waals surface area contributed by atoms with Crippen LogP contribution >= 0.6 is 27.5 Å². The third-order valence-corrected chi connectivity index (χ3v) is 3.42. The Bertz CT molecular complexity index is 581. The van der Waals surface area contributed by atoms with Gasteiger partial charge < -0.3 is 5.32 Å². The van der Waals surface area contributed by atoms with E-state index in [4.69, 9.17) is 11.6 Å². The van der Waals surface area contributed by atoms with Crippen LogP contribution in [0.15, 0.2) is 46.9 Å². The highest BCUT2D eigenvalue weighted by atomic mass is 79.9. The van der Waals surface area contributed by atoms with E-state index in [0.29, 0.717) is 10.6 Å². The molecule has 2 nitrogen and oxygen atoms in total. The Kier molecular flexibility index (Phi) is 4.04. The molecule has 2 aromatic carbocycles. The van der Waals surface area contributed by atoms with Crippen molar-refractivity contribution in [2.45, 2.75) is 6.92 Å². The molecule has 18 heavy (non-hydrogen) atoms. The van der Waals surface area contributed by atoms with E-state index < -0.39 is 0 Å². The zero-order chi connectivity index (χ0) is 13.1. The molecule has 0 aliphatic rings. The summed E-state index contributed by atoms with van der Waals surface area (Å²) < 4.78 is 0.857. The first kappa shape index (κ1) is 13.1. The number of benzene rings is 2. The summed E-state index contributed by atoms with van der Waals surface area (Å²) in [5, 5.41) is 3.47. The van der Waals surface area contributed by atoms with E-state index >= 15 is 0 Å². The van der Waals surface area contributed by atoms with E-state index in [0.717, 1.165) is 15.7 Å². The number of rotatable bonds is 2. The predicted octanol–water partition coefficient (Wildman–Crippen LogP) is 4.66. The average molecular weight is 325 g/mol. The van der Waals surface area contributed by atoms with Crippen molar-refractivity contribution in [2.24, 2.45) is 0 Å². The second-order valence-corrected chi connectivity index (χ2v) is 5.24. The molecule has 0 aromatic heterocycles. The van der Waals surface area contributed by atoms with Gasteiger partial charge in [0.05, 0.1) is 5.69 Å². The second-order valence-electron chi connectivity index (χ2n) is 3.94. The molecule has 0 spiro atoms. The van der Waals surface area contributed by atoms with Crippen LogP contribution in [0.4, 0.5) is 5.69 Å². The molecule has 0 fully saturated rings. The molecule has 1 N–H and O–H groups in total. The van der Waals surface area contributed by atoms with Gasteiger partial charge in [-0.25, -0.2) is 0 Å². The Morgan fingerprint density at radius 2 is 1.83 bits per heavy atom. The van der Waals surface area contributed by atoms with Gasteiger partial charge in [-0.3, -0.25) is 4.79 Å². The van der Waals surface area contributed by atoms with Crippen LogP contribution in [0, 0.1) is 6.92 Å². The Morgan fingerprint density at radius 1 is 1.17 bits per heavy atom. The average Bonchev–Trinajstić information content (AvgIpc) is 2.34. The molecular formula is C14H11BrClNO. The number of hydrogen-bond acceptors (Lipinski definition) is 1. The zero-order valence-electron chi connectivity index (χ0n) is 9.71. The van der Waals surface area contributed by atoms with Crippen molar-refractivity contribution in [1.29, 1.82) is 0 Å². The molecule has 2 rings (SSSR count). The summed E-state index contributed by atoms with van der Waals surface area (Å²) in [6.45, 7) is 1.98. The van der Waals surface area contributed by atoms with Crippen LogP contribution < -0.4 is 5.32 Å². The minimum Gasteiger partial charge on any atom is -0.321 e. The normalized spacial score (nSPS) is 10.2. The van der Waals surface area contributed by atoms with Gasteiger partial charge in [0.2, 0.25) is 0 Å². The lowest BCUT2D eigenvalue weighted by Crippen LogP contribution is -2.12. The Morgan fingerprint density at radius 3 is 2.50 bits per heavy atom. The van der Waals surface area contributed by atoms with Crippen molar-refractivity contribution in [2.75, 3.05) is 5.32 Å². The van der Waals surface area contributed by atoms with Crippen LogP contribution in [0.1, 0.15) is 15.9 Å². The maximum atomic E-state index is 12.0. The maximum absolute atomic E-state index is 12.0. The molecular weight excluding hydrogens is 314 g/mol. The van der Waals surface area contributed by atoms with Gasteiger partial charge >= 0.3 is 0 Å². The standard InChI is InChI=1S/C14H11BrClNO/c1-9-2-7-12(15)13(8-9)17-14(18)10-3-5-11(16)6-4-10/h2-8H,1H3,(H,17,18). The van der Waals surface area contributed by atoms with Gasteiger partial charge in [0.15, 0.2) is 0 Å². The summed E-state index contributed by atoms with van der Waals surface area (Å²) in [4.78, 5) is 12.0. The lowest BCUT2D eigenvalue weighted by molar-refractivity contribution is 0.102. The fourth-order valence-electron chi connectivity index (χ4n) is 1.53. The van der Waals surface area contributed by atoms with Gasteiger partial charge in [0.1, 0.15) is 0 Å². The summed E-state index contributed by atoms with van der Waals surface area (Å²) in [5.41, 5.74) is 2.42. The number of hydrogen-bond donors (Lipinski definition) is 1. The fraction of sp³-hybridized carbons (Fsp3) is 0.0714. The van der Waals surface area contributed by atoms with Crippen molar-refractivity contribution < 1.29 is 4.79 Å². The summed E-state index contributed by atoms with van der Waals surface area (Å²) in [6, 6.07) is 12.6. The highest BCUT2D eigenvalue weighted by molar-refractivity contribution is 9.10. The molecule has 0 radical (unpaired) electrons. The number of amides is 1. The molecule has 4 heteroatoms. The number of carbonyl (C=O) groups is 1. The predicted molar refractivity (Wildman–Crippen MR) is 78.3 cm³/mol. The lowest BCUT2D eigenvalue weighted by Gasteiger charge is -2.08. The SMILES string of the molecule is Cc1ccc(Br)c(NC(=O)c2ccc(Cl)cc2)c1. The number of nitrogens with one attached hydrogen (secondary N) is 1. The highest BCUT2D eigenvalue weighted by Crippen LogP contribution is 2.24. The van der Waals surface area contributed by atoms with Gasteiger partial charge in [-0.15, -0.1) is 0 Å². The molecule has 0 heterocycles. The Balaban J connectivity index is 2.21. The number of halogens is 2. The van der Waals surface area contributed by atoms with E-state index in [-0.39, 0.29) is 5.91 Å². The van der Waals surface area contributed by atoms with Crippen molar-refractivity contribution in [3.05, 3.63) is 63.1 Å². The molecule has 0 saturated carbocycles. The van der Waals surface area contributed by atoms with Gasteiger partial charge in [-0.05, 0) is 64.8 Å². The Hall–Kier alpha value is -1.32. The minimum absolute atomic E-state index is 0.155. The van der Waals surface area contributed by atoms with E-state index in [9.17, 15) is 4.79 Å². The molecule has 0 saturated heterocycles. The molecule has 2 aromatic rings. The topological polar surface area (TPSA) is 29.1 Å². The van der Waals surface area contributed by atoms with Crippen LogP contribution in [-0.4, -0.2) is 5.91 Å². The second kappa shape index (κ2) is 5.55. The van der Waals surface area contributed by atoms with E-state index in [2.05, 4.69) is 21.2 Å². The van der Waals surface area contributed by atoms with Crippen LogP contribution in [0.2, 0.25) is 5.02 Å². The monoisotopic (exact) mass is 323 g/mol. The summed E-state index contributed by atoms with van der Waals surface area (Å²) in [5.74, 6) is -0.155. The van der Waals surface area contributed by atoms with Gasteiger partial charge in [0, 0.05) is 15.1 Å². The third kappa shape index (κ3) is 3.12. The van der Waals surface area contributed by atoms with Gasteiger partial charge in [0.25, 0.3) is 5.91 Å².